The van der Waals surface area contributed by atoms with Gasteiger partial charge in [-0.2, -0.15) is 0 Å². The van der Waals surface area contributed by atoms with Crippen LogP contribution in [-0.2, 0) is 0 Å². The van der Waals surface area contributed by atoms with Crippen molar-refractivity contribution in [2.24, 2.45) is 0 Å². The van der Waals surface area contributed by atoms with Crippen LogP contribution >= 0.6 is 0 Å². The van der Waals surface area contributed by atoms with Gasteiger partial charge < -0.3 is 4.74 Å². The van der Waals surface area contributed by atoms with E-state index >= 15 is 0 Å². The monoisotopic (exact) mass is 366 g/mol. The van der Waals surface area contributed by atoms with Crippen LogP contribution in [0, 0.1) is 5.82 Å². The molecule has 0 bridgehead atoms. The first-order valence-corrected chi connectivity index (χ1v) is 8.94. The van der Waals surface area contributed by atoms with Crippen molar-refractivity contribution in [3.05, 3.63) is 97.2 Å². The predicted octanol–water partition coefficient (Wildman–Crippen LogP) is 6.38. The maximum atomic E-state index is 14.6. The van der Waals surface area contributed by atoms with E-state index in [2.05, 4.69) is 9.97 Å². The molecule has 0 amide bonds. The highest BCUT2D eigenvalue weighted by Gasteiger charge is 2.13. The van der Waals surface area contributed by atoms with E-state index < -0.39 is 0 Å². The Morgan fingerprint density at radius 3 is 2.43 bits per heavy atom. The zero-order chi connectivity index (χ0) is 18.9. The number of nitrogens with zero attached hydrogens (tertiary/aromatic N) is 2. The van der Waals surface area contributed by atoms with Crippen LogP contribution in [0.15, 0.2) is 91.4 Å². The lowest BCUT2D eigenvalue weighted by Crippen LogP contribution is -1.91. The molecule has 0 N–H and O–H groups in total. The molecule has 28 heavy (non-hydrogen) atoms. The van der Waals surface area contributed by atoms with Crippen LogP contribution in [-0.4, -0.2) is 9.97 Å². The molecular formula is C24H15FN2O. The Morgan fingerprint density at radius 1 is 0.786 bits per heavy atom. The zero-order valence-corrected chi connectivity index (χ0v) is 14.8. The van der Waals surface area contributed by atoms with Crippen molar-refractivity contribution in [2.75, 3.05) is 0 Å². The summed E-state index contributed by atoms with van der Waals surface area (Å²) >= 11 is 0. The van der Waals surface area contributed by atoms with Gasteiger partial charge in [0.1, 0.15) is 11.6 Å². The largest absolute Gasteiger partial charge is 0.439 e. The third kappa shape index (κ3) is 2.85. The Labute approximate surface area is 161 Å². The number of hydrogen-bond acceptors (Lipinski definition) is 3. The summed E-state index contributed by atoms with van der Waals surface area (Å²) in [5.74, 6) is 0.857. The molecule has 0 aliphatic carbocycles. The Balaban J connectivity index is 1.77. The molecular weight excluding hydrogens is 351 g/mol. The molecule has 0 spiro atoms. The molecule has 5 rings (SSSR count). The molecule has 2 aromatic heterocycles. The van der Waals surface area contributed by atoms with Crippen molar-refractivity contribution in [2.45, 2.75) is 0 Å². The molecule has 3 nitrogen and oxygen atoms in total. The zero-order valence-electron chi connectivity index (χ0n) is 14.8. The predicted molar refractivity (Wildman–Crippen MR) is 109 cm³/mol. The quantitative estimate of drug-likeness (QED) is 0.347. The van der Waals surface area contributed by atoms with Crippen LogP contribution in [0.2, 0.25) is 0 Å². The fourth-order valence-corrected chi connectivity index (χ4v) is 3.46. The second-order valence-corrected chi connectivity index (χ2v) is 6.48. The van der Waals surface area contributed by atoms with Gasteiger partial charge in [0.25, 0.3) is 0 Å². The summed E-state index contributed by atoms with van der Waals surface area (Å²) in [4.78, 5) is 8.39. The summed E-state index contributed by atoms with van der Waals surface area (Å²) in [6.07, 6.45) is 5.08. The molecule has 0 saturated carbocycles. The van der Waals surface area contributed by atoms with Crippen LogP contribution < -0.4 is 4.74 Å². The summed E-state index contributed by atoms with van der Waals surface area (Å²) < 4.78 is 20.5. The summed E-state index contributed by atoms with van der Waals surface area (Å²) in [6, 6.07) is 22.4. The smallest absolute Gasteiger partial charge is 0.219 e. The van der Waals surface area contributed by atoms with Gasteiger partial charge in [-0.3, -0.25) is 4.98 Å². The molecule has 3 aromatic carbocycles. The van der Waals surface area contributed by atoms with Gasteiger partial charge in [0.05, 0.1) is 0 Å². The molecule has 2 heterocycles. The number of hydrogen-bond donors (Lipinski definition) is 0. The van der Waals surface area contributed by atoms with Gasteiger partial charge in [-0.1, -0.05) is 48.5 Å². The number of fused-ring (bicyclic) bond motifs is 3. The van der Waals surface area contributed by atoms with E-state index in [1.807, 2.05) is 54.6 Å². The molecule has 0 atom stereocenters. The van der Waals surface area contributed by atoms with Gasteiger partial charge in [-0.25, -0.2) is 9.37 Å². The third-order valence-electron chi connectivity index (χ3n) is 4.76. The second kappa shape index (κ2) is 6.74. The number of benzene rings is 3. The number of pyridine rings is 2. The SMILES string of the molecule is Fc1ccc(-c2ccccc2)c2c1ccc1cnc(Oc3ccncc3)cc12. The van der Waals surface area contributed by atoms with Crippen molar-refractivity contribution < 1.29 is 9.13 Å². The fraction of sp³-hybridized carbons (Fsp3) is 0. The minimum absolute atomic E-state index is 0.245. The highest BCUT2D eigenvalue weighted by molar-refractivity contribution is 6.14. The average Bonchev–Trinajstić information content (AvgIpc) is 2.75. The number of aromatic nitrogens is 2. The molecule has 0 saturated heterocycles. The van der Waals surface area contributed by atoms with Gasteiger partial charge in [-0.05, 0) is 34.7 Å². The van der Waals surface area contributed by atoms with E-state index in [1.54, 1.807) is 30.7 Å². The molecule has 0 radical (unpaired) electrons. The highest BCUT2D eigenvalue weighted by Crippen LogP contribution is 2.37. The molecule has 0 aliphatic rings. The third-order valence-corrected chi connectivity index (χ3v) is 4.76. The van der Waals surface area contributed by atoms with Crippen molar-refractivity contribution in [3.8, 4) is 22.8 Å². The Kier molecular flexibility index (Phi) is 3.95. The van der Waals surface area contributed by atoms with Crippen molar-refractivity contribution in [1.29, 1.82) is 0 Å². The van der Waals surface area contributed by atoms with Crippen LogP contribution in [0.25, 0.3) is 32.7 Å². The van der Waals surface area contributed by atoms with E-state index in [4.69, 9.17) is 4.74 Å². The van der Waals surface area contributed by atoms with Crippen LogP contribution in [0.3, 0.4) is 0 Å². The van der Waals surface area contributed by atoms with Gasteiger partial charge in [0, 0.05) is 40.8 Å². The maximum Gasteiger partial charge on any atom is 0.219 e. The molecule has 0 aliphatic heterocycles. The van der Waals surface area contributed by atoms with Crippen molar-refractivity contribution in [3.63, 3.8) is 0 Å². The normalized spacial score (nSPS) is 11.0. The molecule has 0 fully saturated rings. The van der Waals surface area contributed by atoms with Crippen LogP contribution in [0.5, 0.6) is 11.6 Å². The van der Waals surface area contributed by atoms with Gasteiger partial charge >= 0.3 is 0 Å². The lowest BCUT2D eigenvalue weighted by Gasteiger charge is -2.12. The van der Waals surface area contributed by atoms with E-state index in [-0.39, 0.29) is 5.82 Å². The molecule has 4 heteroatoms. The summed E-state index contributed by atoms with van der Waals surface area (Å²) in [7, 11) is 0. The number of halogens is 1. The second-order valence-electron chi connectivity index (χ2n) is 6.48. The van der Waals surface area contributed by atoms with E-state index in [1.165, 1.54) is 6.07 Å². The van der Waals surface area contributed by atoms with Crippen molar-refractivity contribution >= 4 is 21.5 Å². The lowest BCUT2D eigenvalue weighted by molar-refractivity contribution is 0.463. The first-order chi connectivity index (χ1) is 13.8. The lowest BCUT2D eigenvalue weighted by atomic mass is 9.94. The molecule has 5 aromatic rings. The number of rotatable bonds is 3. The maximum absolute atomic E-state index is 14.6. The minimum atomic E-state index is -0.245. The van der Waals surface area contributed by atoms with Crippen LogP contribution in [0.1, 0.15) is 0 Å². The minimum Gasteiger partial charge on any atom is -0.439 e. The van der Waals surface area contributed by atoms with Crippen LogP contribution in [0.4, 0.5) is 4.39 Å². The topological polar surface area (TPSA) is 35.0 Å². The summed E-state index contributed by atoms with van der Waals surface area (Å²) in [5.41, 5.74) is 2.01. The Hall–Kier alpha value is -3.79. The molecule has 134 valence electrons. The Morgan fingerprint density at radius 2 is 1.61 bits per heavy atom. The van der Waals surface area contributed by atoms with E-state index in [0.29, 0.717) is 17.0 Å². The first-order valence-electron chi connectivity index (χ1n) is 8.94. The van der Waals surface area contributed by atoms with Gasteiger partial charge in [-0.15, -0.1) is 0 Å². The molecule has 0 unspecified atom stereocenters. The van der Waals surface area contributed by atoms with E-state index in [9.17, 15) is 4.39 Å². The summed E-state index contributed by atoms with van der Waals surface area (Å²) in [6.45, 7) is 0. The van der Waals surface area contributed by atoms with Crippen molar-refractivity contribution in [1.82, 2.24) is 9.97 Å². The number of ether oxygens (including phenoxy) is 1. The van der Waals surface area contributed by atoms with Gasteiger partial charge in [0.15, 0.2) is 0 Å². The van der Waals surface area contributed by atoms with Gasteiger partial charge in [0.2, 0.25) is 5.88 Å². The standard InChI is InChI=1S/C24H15FN2O/c25-22-9-8-19(16-4-2-1-3-5-16)24-20(22)7-6-17-15-27-23(14-21(17)24)28-18-10-12-26-13-11-18/h1-15H. The first kappa shape index (κ1) is 16.4. The summed E-state index contributed by atoms with van der Waals surface area (Å²) in [5, 5.41) is 3.26. The Bertz CT molecular complexity index is 1290. The van der Waals surface area contributed by atoms with E-state index in [0.717, 1.165) is 27.3 Å². The average molecular weight is 366 g/mol. The highest BCUT2D eigenvalue weighted by atomic mass is 19.1. The fourth-order valence-electron chi connectivity index (χ4n) is 3.46.